The molecule has 0 saturated carbocycles. The number of rotatable bonds is 10. The topological polar surface area (TPSA) is 94.2 Å². The van der Waals surface area contributed by atoms with Crippen LogP contribution in [0.2, 0.25) is 0 Å². The number of benzene rings is 3. The van der Waals surface area contributed by atoms with Gasteiger partial charge in [-0.1, -0.05) is 17.7 Å². The van der Waals surface area contributed by atoms with Gasteiger partial charge in [0.05, 0.1) is 31.9 Å². The molecule has 0 unspecified atom stereocenters. The van der Waals surface area contributed by atoms with Crippen molar-refractivity contribution in [1.82, 2.24) is 5.32 Å². The van der Waals surface area contributed by atoms with Gasteiger partial charge in [0.2, 0.25) is 11.7 Å². The molecule has 0 aromatic heterocycles. The maximum Gasteiger partial charge on any atom is 0.264 e. The number of amides is 1. The molecular formula is C25H27FN2O6S. The van der Waals surface area contributed by atoms with E-state index in [0.29, 0.717) is 28.5 Å². The van der Waals surface area contributed by atoms with Crippen LogP contribution >= 0.6 is 0 Å². The van der Waals surface area contributed by atoms with E-state index in [9.17, 15) is 17.6 Å². The minimum absolute atomic E-state index is 0.0562. The van der Waals surface area contributed by atoms with Gasteiger partial charge in [-0.15, -0.1) is 0 Å². The first-order valence-corrected chi connectivity index (χ1v) is 12.0. The Hall–Kier alpha value is -3.79. The number of methoxy groups -OCH3 is 3. The summed E-state index contributed by atoms with van der Waals surface area (Å²) in [6.07, 6.45) is 0. The van der Waals surface area contributed by atoms with Gasteiger partial charge in [0, 0.05) is 12.1 Å². The lowest BCUT2D eigenvalue weighted by Gasteiger charge is -2.24. The van der Waals surface area contributed by atoms with E-state index in [2.05, 4.69) is 5.32 Å². The lowest BCUT2D eigenvalue weighted by Crippen LogP contribution is -2.40. The van der Waals surface area contributed by atoms with Crippen molar-refractivity contribution in [3.05, 3.63) is 77.6 Å². The average Bonchev–Trinajstić information content (AvgIpc) is 2.86. The highest BCUT2D eigenvalue weighted by Gasteiger charge is 2.27. The molecule has 1 N–H and O–H groups in total. The van der Waals surface area contributed by atoms with E-state index in [1.807, 2.05) is 6.92 Å². The highest BCUT2D eigenvalue weighted by molar-refractivity contribution is 7.92. The largest absolute Gasteiger partial charge is 0.493 e. The van der Waals surface area contributed by atoms with Crippen LogP contribution in [0.5, 0.6) is 17.2 Å². The molecule has 0 fully saturated rings. The molecule has 3 aromatic rings. The second kappa shape index (κ2) is 11.1. The summed E-state index contributed by atoms with van der Waals surface area (Å²) in [5, 5.41) is 2.73. The van der Waals surface area contributed by atoms with E-state index in [0.717, 1.165) is 34.1 Å². The Bertz CT molecular complexity index is 1280. The van der Waals surface area contributed by atoms with Crippen LogP contribution in [0.25, 0.3) is 0 Å². The van der Waals surface area contributed by atoms with Gasteiger partial charge in [0.25, 0.3) is 10.0 Å². The number of hydrogen-bond donors (Lipinski definition) is 1. The molecule has 0 atom stereocenters. The highest BCUT2D eigenvalue weighted by Crippen LogP contribution is 2.39. The first-order chi connectivity index (χ1) is 16.7. The van der Waals surface area contributed by atoms with E-state index in [4.69, 9.17) is 14.2 Å². The zero-order chi connectivity index (χ0) is 25.6. The van der Waals surface area contributed by atoms with Crippen LogP contribution in [0.1, 0.15) is 11.1 Å². The number of carbonyl (C=O) groups is 1. The number of aryl methyl sites for hydroxylation is 1. The summed E-state index contributed by atoms with van der Waals surface area (Å²) in [5.41, 5.74) is 1.85. The third-order valence-corrected chi connectivity index (χ3v) is 7.06. The summed E-state index contributed by atoms with van der Waals surface area (Å²) in [5.74, 6) is 0.124. The molecule has 0 heterocycles. The molecule has 0 aliphatic carbocycles. The molecule has 0 aliphatic heterocycles. The number of halogens is 1. The summed E-state index contributed by atoms with van der Waals surface area (Å²) >= 11 is 0. The molecular weight excluding hydrogens is 475 g/mol. The van der Waals surface area contributed by atoms with Gasteiger partial charge in [-0.2, -0.15) is 0 Å². The smallest absolute Gasteiger partial charge is 0.264 e. The van der Waals surface area contributed by atoms with Crippen molar-refractivity contribution in [1.29, 1.82) is 0 Å². The van der Waals surface area contributed by atoms with Gasteiger partial charge in [0.15, 0.2) is 11.5 Å². The zero-order valence-corrected chi connectivity index (χ0v) is 20.7. The molecule has 0 aliphatic rings. The zero-order valence-electron chi connectivity index (χ0n) is 19.9. The van der Waals surface area contributed by atoms with E-state index in [1.54, 1.807) is 36.4 Å². The first kappa shape index (κ1) is 25.8. The number of anilines is 1. The minimum Gasteiger partial charge on any atom is -0.493 e. The van der Waals surface area contributed by atoms with Crippen molar-refractivity contribution < 1.29 is 31.8 Å². The number of ether oxygens (including phenoxy) is 3. The Labute approximate surface area is 204 Å². The Morgan fingerprint density at radius 1 is 0.886 bits per heavy atom. The fraction of sp³-hybridized carbons (Fsp3) is 0.240. The van der Waals surface area contributed by atoms with Crippen molar-refractivity contribution in [3.63, 3.8) is 0 Å². The third-order valence-electron chi connectivity index (χ3n) is 5.27. The van der Waals surface area contributed by atoms with Crippen LogP contribution in [-0.2, 0) is 21.4 Å². The summed E-state index contributed by atoms with van der Waals surface area (Å²) in [7, 11) is 0.294. The molecule has 1 amide bonds. The van der Waals surface area contributed by atoms with Gasteiger partial charge in [-0.3, -0.25) is 9.10 Å². The molecule has 0 saturated heterocycles. The molecule has 3 rings (SSSR count). The molecule has 0 bridgehead atoms. The van der Waals surface area contributed by atoms with Gasteiger partial charge < -0.3 is 19.5 Å². The normalized spacial score (nSPS) is 11.0. The van der Waals surface area contributed by atoms with Crippen LogP contribution in [0, 0.1) is 12.7 Å². The van der Waals surface area contributed by atoms with Crippen LogP contribution in [0.4, 0.5) is 10.1 Å². The monoisotopic (exact) mass is 502 g/mol. The first-order valence-electron chi connectivity index (χ1n) is 10.6. The van der Waals surface area contributed by atoms with Gasteiger partial charge in [-0.05, 0) is 55.5 Å². The van der Waals surface area contributed by atoms with E-state index in [-0.39, 0.29) is 11.4 Å². The molecule has 0 spiro atoms. The Kier molecular flexibility index (Phi) is 8.18. The van der Waals surface area contributed by atoms with Crippen LogP contribution in [-0.4, -0.2) is 42.2 Å². The fourth-order valence-electron chi connectivity index (χ4n) is 3.44. The number of carbonyl (C=O) groups excluding carboxylic acids is 1. The Morgan fingerprint density at radius 2 is 1.51 bits per heavy atom. The predicted molar refractivity (Wildman–Crippen MR) is 130 cm³/mol. The average molecular weight is 503 g/mol. The second-order valence-corrected chi connectivity index (χ2v) is 9.43. The summed E-state index contributed by atoms with van der Waals surface area (Å²) < 4.78 is 57.2. The number of sulfonamides is 1. The van der Waals surface area contributed by atoms with Crippen molar-refractivity contribution in [2.24, 2.45) is 0 Å². The Morgan fingerprint density at radius 3 is 2.09 bits per heavy atom. The van der Waals surface area contributed by atoms with Gasteiger partial charge in [-0.25, -0.2) is 12.8 Å². The molecule has 35 heavy (non-hydrogen) atoms. The van der Waals surface area contributed by atoms with Gasteiger partial charge in [0.1, 0.15) is 12.4 Å². The molecule has 3 aromatic carbocycles. The van der Waals surface area contributed by atoms with Crippen molar-refractivity contribution >= 4 is 21.6 Å². The van der Waals surface area contributed by atoms with Crippen LogP contribution < -0.4 is 23.8 Å². The van der Waals surface area contributed by atoms with Gasteiger partial charge >= 0.3 is 0 Å². The summed E-state index contributed by atoms with van der Waals surface area (Å²) in [6.45, 7) is 1.44. The van der Waals surface area contributed by atoms with Crippen LogP contribution in [0.3, 0.4) is 0 Å². The second-order valence-electron chi connectivity index (χ2n) is 7.57. The maximum absolute atomic E-state index is 13.4. The van der Waals surface area contributed by atoms with Crippen molar-refractivity contribution in [2.45, 2.75) is 18.4 Å². The fourth-order valence-corrected chi connectivity index (χ4v) is 4.86. The van der Waals surface area contributed by atoms with Crippen molar-refractivity contribution in [3.8, 4) is 17.2 Å². The predicted octanol–water partition coefficient (Wildman–Crippen LogP) is 3.67. The standard InChI is InChI=1S/C25H27FN2O6S/c1-17-5-10-20(11-6-17)28(35(30,31)21-12-8-19(26)9-13-21)16-23(29)27-15-18-7-14-22(32-2)25(34-4)24(18)33-3/h5-14H,15-16H2,1-4H3,(H,27,29). The van der Waals surface area contributed by atoms with E-state index >= 15 is 0 Å². The quantitative estimate of drug-likeness (QED) is 0.455. The molecule has 10 heteroatoms. The maximum atomic E-state index is 13.4. The Balaban J connectivity index is 1.86. The number of nitrogens with one attached hydrogen (secondary N) is 1. The number of hydrogen-bond acceptors (Lipinski definition) is 6. The SMILES string of the molecule is COc1ccc(CNC(=O)CN(c2ccc(C)cc2)S(=O)(=O)c2ccc(F)cc2)c(OC)c1OC. The van der Waals surface area contributed by atoms with Crippen molar-refractivity contribution in [2.75, 3.05) is 32.2 Å². The highest BCUT2D eigenvalue weighted by atomic mass is 32.2. The minimum atomic E-state index is -4.15. The van der Waals surface area contributed by atoms with E-state index < -0.39 is 28.3 Å². The lowest BCUT2D eigenvalue weighted by atomic mass is 10.1. The summed E-state index contributed by atoms with van der Waals surface area (Å²) in [4.78, 5) is 12.8. The van der Waals surface area contributed by atoms with Crippen LogP contribution in [0.15, 0.2) is 65.6 Å². The molecule has 186 valence electrons. The molecule has 0 radical (unpaired) electrons. The lowest BCUT2D eigenvalue weighted by molar-refractivity contribution is -0.119. The number of nitrogens with zero attached hydrogens (tertiary/aromatic N) is 1. The third kappa shape index (κ3) is 5.83. The summed E-state index contributed by atoms with van der Waals surface area (Å²) in [6, 6.07) is 14.6. The van der Waals surface area contributed by atoms with E-state index in [1.165, 1.54) is 21.3 Å². The molecule has 8 nitrogen and oxygen atoms in total.